The number of carboxylic acids is 1. The van der Waals surface area contributed by atoms with Crippen LogP contribution >= 0.6 is 0 Å². The normalized spacial score (nSPS) is 18.0. The summed E-state index contributed by atoms with van der Waals surface area (Å²) in [5.41, 5.74) is 4.93. The van der Waals surface area contributed by atoms with Gasteiger partial charge in [-0.2, -0.15) is 0 Å². The number of nitrogens with two attached hydrogens (primary N) is 1. The molecule has 0 aliphatic carbocycles. The van der Waals surface area contributed by atoms with Crippen LogP contribution < -0.4 is 16.4 Å². The second kappa shape index (κ2) is 6.95. The highest BCUT2D eigenvalue weighted by molar-refractivity contribution is 5.88. The summed E-state index contributed by atoms with van der Waals surface area (Å²) in [5, 5.41) is 14.4. The Labute approximate surface area is 105 Å². The van der Waals surface area contributed by atoms with Crippen LogP contribution in [-0.2, 0) is 14.4 Å². The van der Waals surface area contributed by atoms with Crippen molar-refractivity contribution in [2.24, 2.45) is 11.7 Å². The van der Waals surface area contributed by atoms with Crippen LogP contribution in [0.3, 0.4) is 0 Å². The van der Waals surface area contributed by atoms with E-state index in [9.17, 15) is 14.4 Å². The maximum atomic E-state index is 11.7. The fraction of sp³-hybridized carbons (Fsp3) is 0.727. The monoisotopic (exact) mass is 257 g/mol. The van der Waals surface area contributed by atoms with Gasteiger partial charge in [-0.15, -0.1) is 0 Å². The molecule has 7 nitrogen and oxygen atoms in total. The molecule has 1 atom stereocenters. The molecule has 0 aromatic carbocycles. The van der Waals surface area contributed by atoms with Gasteiger partial charge in [-0.3, -0.25) is 9.59 Å². The zero-order valence-electron chi connectivity index (χ0n) is 10.1. The van der Waals surface area contributed by atoms with Gasteiger partial charge in [-0.25, -0.2) is 4.79 Å². The van der Waals surface area contributed by atoms with E-state index in [-0.39, 0.29) is 18.2 Å². The summed E-state index contributed by atoms with van der Waals surface area (Å²) in [7, 11) is 0. The quantitative estimate of drug-likeness (QED) is 0.477. The van der Waals surface area contributed by atoms with Crippen LogP contribution in [0.2, 0.25) is 0 Å². The van der Waals surface area contributed by atoms with Gasteiger partial charge in [0, 0.05) is 6.42 Å². The largest absolute Gasteiger partial charge is 0.480 e. The van der Waals surface area contributed by atoms with Crippen molar-refractivity contribution in [3.05, 3.63) is 0 Å². The van der Waals surface area contributed by atoms with E-state index in [0.717, 1.165) is 25.9 Å². The van der Waals surface area contributed by atoms with Gasteiger partial charge in [-0.05, 0) is 31.8 Å². The van der Waals surface area contributed by atoms with Gasteiger partial charge in [0.15, 0.2) is 0 Å². The van der Waals surface area contributed by atoms with Crippen molar-refractivity contribution in [2.75, 3.05) is 13.1 Å². The first-order valence-corrected chi connectivity index (χ1v) is 6.00. The lowest BCUT2D eigenvalue weighted by molar-refractivity contribution is -0.143. The third-order valence-electron chi connectivity index (χ3n) is 2.97. The van der Waals surface area contributed by atoms with Crippen LogP contribution in [0.1, 0.15) is 25.7 Å². The van der Waals surface area contributed by atoms with Crippen LogP contribution in [-0.4, -0.2) is 42.0 Å². The Morgan fingerprint density at radius 1 is 1.33 bits per heavy atom. The van der Waals surface area contributed by atoms with E-state index < -0.39 is 17.9 Å². The van der Waals surface area contributed by atoms with Crippen molar-refractivity contribution in [1.29, 1.82) is 0 Å². The Morgan fingerprint density at radius 2 is 1.94 bits per heavy atom. The maximum absolute atomic E-state index is 11.7. The van der Waals surface area contributed by atoms with Crippen LogP contribution in [0, 0.1) is 5.92 Å². The van der Waals surface area contributed by atoms with E-state index in [1.54, 1.807) is 0 Å². The maximum Gasteiger partial charge on any atom is 0.326 e. The number of nitrogens with one attached hydrogen (secondary N) is 2. The molecule has 18 heavy (non-hydrogen) atoms. The zero-order valence-corrected chi connectivity index (χ0v) is 10.1. The highest BCUT2D eigenvalue weighted by Gasteiger charge is 2.24. The van der Waals surface area contributed by atoms with Crippen molar-refractivity contribution in [1.82, 2.24) is 10.6 Å². The van der Waals surface area contributed by atoms with E-state index >= 15 is 0 Å². The number of piperidine rings is 1. The first-order chi connectivity index (χ1) is 8.49. The molecule has 1 heterocycles. The predicted molar refractivity (Wildman–Crippen MR) is 63.6 cm³/mol. The van der Waals surface area contributed by atoms with Gasteiger partial charge >= 0.3 is 5.97 Å². The molecular formula is C11H19N3O4. The third-order valence-corrected chi connectivity index (χ3v) is 2.97. The Bertz CT molecular complexity index is 326. The molecule has 0 bridgehead atoms. The smallest absolute Gasteiger partial charge is 0.326 e. The lowest BCUT2D eigenvalue weighted by atomic mass is 9.94. The highest BCUT2D eigenvalue weighted by Crippen LogP contribution is 2.15. The van der Waals surface area contributed by atoms with Crippen LogP contribution in [0.25, 0.3) is 0 Å². The third kappa shape index (κ3) is 5.13. The highest BCUT2D eigenvalue weighted by atomic mass is 16.4. The first kappa shape index (κ1) is 14.4. The molecule has 7 heteroatoms. The number of amides is 2. The van der Waals surface area contributed by atoms with E-state index in [2.05, 4.69) is 10.6 Å². The average molecular weight is 257 g/mol. The number of carboxylic acid groups (broad SMARTS) is 1. The summed E-state index contributed by atoms with van der Waals surface area (Å²) in [5.74, 6) is -2.05. The van der Waals surface area contributed by atoms with Crippen LogP contribution in [0.15, 0.2) is 0 Å². The number of aliphatic carboxylic acids is 1. The van der Waals surface area contributed by atoms with E-state index in [4.69, 9.17) is 10.8 Å². The summed E-state index contributed by atoms with van der Waals surface area (Å²) in [6.07, 6.45) is 1.72. The minimum atomic E-state index is -1.24. The topological polar surface area (TPSA) is 122 Å². The Hall–Kier alpha value is -1.63. The molecule has 102 valence electrons. The second-order valence-electron chi connectivity index (χ2n) is 4.53. The molecule has 5 N–H and O–H groups in total. The summed E-state index contributed by atoms with van der Waals surface area (Å²) in [4.78, 5) is 33.2. The van der Waals surface area contributed by atoms with Gasteiger partial charge in [0.2, 0.25) is 11.8 Å². The molecule has 2 amide bonds. The van der Waals surface area contributed by atoms with Gasteiger partial charge in [0.05, 0.1) is 6.42 Å². The predicted octanol–water partition coefficient (Wildman–Crippen LogP) is -1.18. The molecule has 0 aromatic heterocycles. The molecule has 1 aliphatic heterocycles. The molecule has 0 aromatic rings. The van der Waals surface area contributed by atoms with E-state index in [0.29, 0.717) is 6.42 Å². The van der Waals surface area contributed by atoms with E-state index in [1.165, 1.54) is 0 Å². The summed E-state index contributed by atoms with van der Waals surface area (Å²) in [6, 6.07) is -1.23. The number of rotatable bonds is 6. The number of carbonyl (C=O) groups excluding carboxylic acids is 2. The lowest BCUT2D eigenvalue weighted by Gasteiger charge is -2.22. The molecule has 0 saturated carbocycles. The fourth-order valence-electron chi connectivity index (χ4n) is 2.00. The first-order valence-electron chi connectivity index (χ1n) is 6.00. The van der Waals surface area contributed by atoms with Crippen LogP contribution in [0.4, 0.5) is 0 Å². The van der Waals surface area contributed by atoms with Crippen LogP contribution in [0.5, 0.6) is 0 Å². The molecule has 0 spiro atoms. The van der Waals surface area contributed by atoms with Crippen molar-refractivity contribution >= 4 is 17.8 Å². The molecule has 0 radical (unpaired) electrons. The number of hydrogen-bond acceptors (Lipinski definition) is 4. The summed E-state index contributed by atoms with van der Waals surface area (Å²) in [6.45, 7) is 1.75. The molecule has 1 unspecified atom stereocenters. The number of carbonyl (C=O) groups is 3. The van der Waals surface area contributed by atoms with Crippen molar-refractivity contribution in [3.8, 4) is 0 Å². The molecule has 1 rings (SSSR count). The van der Waals surface area contributed by atoms with Gasteiger partial charge in [0.25, 0.3) is 0 Å². The molecular weight excluding hydrogens is 238 g/mol. The van der Waals surface area contributed by atoms with Crippen molar-refractivity contribution in [2.45, 2.75) is 31.7 Å². The molecule has 1 aliphatic rings. The number of hydrogen-bond donors (Lipinski definition) is 4. The van der Waals surface area contributed by atoms with Crippen molar-refractivity contribution < 1.29 is 19.5 Å². The SMILES string of the molecule is NC(=O)CC(NC(=O)CC1CCNCC1)C(=O)O. The van der Waals surface area contributed by atoms with E-state index in [1.807, 2.05) is 0 Å². The zero-order chi connectivity index (χ0) is 13.5. The van der Waals surface area contributed by atoms with Gasteiger partial charge < -0.3 is 21.5 Å². The minimum absolute atomic E-state index is 0.272. The Kier molecular flexibility index (Phi) is 5.57. The molecule has 1 saturated heterocycles. The molecule has 1 fully saturated rings. The number of primary amides is 1. The summed E-state index contributed by atoms with van der Waals surface area (Å²) < 4.78 is 0. The van der Waals surface area contributed by atoms with Gasteiger partial charge in [0.1, 0.15) is 6.04 Å². The van der Waals surface area contributed by atoms with Gasteiger partial charge in [-0.1, -0.05) is 0 Å². The average Bonchev–Trinajstić information content (AvgIpc) is 2.28. The standard InChI is InChI=1S/C11H19N3O4/c12-9(15)6-8(11(17)18)14-10(16)5-7-1-3-13-4-2-7/h7-8,13H,1-6H2,(H2,12,15)(H,14,16)(H,17,18). The fourth-order valence-corrected chi connectivity index (χ4v) is 2.00. The second-order valence-corrected chi connectivity index (χ2v) is 4.53. The minimum Gasteiger partial charge on any atom is -0.480 e. The Morgan fingerprint density at radius 3 is 2.44 bits per heavy atom. The lowest BCUT2D eigenvalue weighted by Crippen LogP contribution is -2.44. The van der Waals surface area contributed by atoms with Crippen molar-refractivity contribution in [3.63, 3.8) is 0 Å². The Balaban J connectivity index is 2.40. The summed E-state index contributed by atoms with van der Waals surface area (Å²) >= 11 is 0.